The van der Waals surface area contributed by atoms with E-state index in [9.17, 15) is 0 Å². The number of hydrogen-bond acceptors (Lipinski definition) is 4. The third-order valence-electron chi connectivity index (χ3n) is 4.54. The van der Waals surface area contributed by atoms with Gasteiger partial charge in [0.25, 0.3) is 0 Å². The van der Waals surface area contributed by atoms with Crippen molar-refractivity contribution in [2.45, 2.75) is 57.9 Å². The number of hydrogen-bond donors (Lipinski definition) is 0. The predicted octanol–water partition coefficient (Wildman–Crippen LogP) is 2.61. The van der Waals surface area contributed by atoms with Crippen LogP contribution in [0.2, 0.25) is 26.2 Å². The van der Waals surface area contributed by atoms with E-state index in [2.05, 4.69) is 42.4 Å². The first-order valence-electron chi connectivity index (χ1n) is 8.09. The summed E-state index contributed by atoms with van der Waals surface area (Å²) in [5.41, 5.74) is 0. The summed E-state index contributed by atoms with van der Waals surface area (Å²) in [7, 11) is -1.50. The second-order valence-electron chi connectivity index (χ2n) is 7.38. The minimum atomic E-state index is -2.21. The quantitative estimate of drug-likeness (QED) is 0.747. The highest BCUT2D eigenvalue weighted by atomic mass is 28.4. The molecule has 0 amide bonds. The molecule has 0 aromatic heterocycles. The van der Waals surface area contributed by atoms with E-state index in [0.717, 1.165) is 26.3 Å². The molecule has 1 aliphatic carbocycles. The molecule has 20 heavy (non-hydrogen) atoms. The SMILES string of the molecule is CN1CCO[Si](C)(N(C2CCCC2)[Si](C)(C)C)OCC1. The second kappa shape index (κ2) is 6.58. The number of nitrogens with zero attached hydrogens (tertiary/aromatic N) is 2. The highest BCUT2D eigenvalue weighted by Gasteiger charge is 2.50. The average Bonchev–Trinajstić information content (AvgIpc) is 2.78. The smallest absolute Gasteiger partial charge is 0.382 e. The molecule has 0 unspecified atom stereocenters. The Kier molecular flexibility index (Phi) is 5.48. The van der Waals surface area contributed by atoms with Crippen LogP contribution in [0.5, 0.6) is 0 Å². The van der Waals surface area contributed by atoms with E-state index in [-0.39, 0.29) is 0 Å². The Morgan fingerprint density at radius 1 is 1.05 bits per heavy atom. The predicted molar refractivity (Wildman–Crippen MR) is 88.5 cm³/mol. The van der Waals surface area contributed by atoms with Crippen LogP contribution in [-0.4, -0.2) is 65.5 Å². The van der Waals surface area contributed by atoms with E-state index >= 15 is 0 Å². The van der Waals surface area contributed by atoms with Gasteiger partial charge in [0.05, 0.1) is 13.2 Å². The zero-order valence-corrected chi connectivity index (χ0v) is 15.9. The molecule has 0 radical (unpaired) electrons. The molecule has 0 aromatic carbocycles. The van der Waals surface area contributed by atoms with Gasteiger partial charge in [-0.25, -0.2) is 0 Å². The van der Waals surface area contributed by atoms with Gasteiger partial charge in [-0.1, -0.05) is 32.5 Å². The van der Waals surface area contributed by atoms with Gasteiger partial charge in [-0.05, 0) is 26.4 Å². The van der Waals surface area contributed by atoms with E-state index in [1.165, 1.54) is 25.7 Å². The van der Waals surface area contributed by atoms with Crippen LogP contribution in [0.1, 0.15) is 25.7 Å². The van der Waals surface area contributed by atoms with Gasteiger partial charge in [0.15, 0.2) is 0 Å². The van der Waals surface area contributed by atoms with Crippen molar-refractivity contribution in [1.82, 2.24) is 9.13 Å². The lowest BCUT2D eigenvalue weighted by Gasteiger charge is -2.49. The maximum Gasteiger partial charge on any atom is 0.418 e. The topological polar surface area (TPSA) is 24.9 Å². The van der Waals surface area contributed by atoms with Gasteiger partial charge in [-0.3, -0.25) is 4.23 Å². The first-order chi connectivity index (χ1) is 9.33. The van der Waals surface area contributed by atoms with Crippen molar-refractivity contribution in [3.8, 4) is 0 Å². The fraction of sp³-hybridized carbons (Fsp3) is 1.00. The van der Waals surface area contributed by atoms with Crippen molar-refractivity contribution in [2.75, 3.05) is 33.4 Å². The number of rotatable bonds is 3. The Balaban J connectivity index is 2.16. The molecule has 1 saturated heterocycles. The van der Waals surface area contributed by atoms with Crippen LogP contribution in [-0.2, 0) is 8.85 Å². The Morgan fingerprint density at radius 2 is 1.55 bits per heavy atom. The maximum atomic E-state index is 6.38. The van der Waals surface area contributed by atoms with E-state index in [0.29, 0.717) is 6.04 Å². The molecule has 2 rings (SSSR count). The lowest BCUT2D eigenvalue weighted by atomic mass is 10.3. The van der Waals surface area contributed by atoms with Crippen molar-refractivity contribution in [3.63, 3.8) is 0 Å². The Bertz CT molecular complexity index is 307. The summed E-state index contributed by atoms with van der Waals surface area (Å²) >= 11 is 0. The van der Waals surface area contributed by atoms with Gasteiger partial charge >= 0.3 is 8.72 Å². The van der Waals surface area contributed by atoms with Crippen LogP contribution in [0.4, 0.5) is 0 Å². The largest absolute Gasteiger partial charge is 0.418 e. The molecule has 118 valence electrons. The third kappa shape index (κ3) is 3.92. The fourth-order valence-electron chi connectivity index (χ4n) is 3.73. The summed E-state index contributed by atoms with van der Waals surface area (Å²) in [6.07, 6.45) is 5.41. The van der Waals surface area contributed by atoms with Gasteiger partial charge in [-0.15, -0.1) is 0 Å². The van der Waals surface area contributed by atoms with E-state index in [1.807, 2.05) is 0 Å². The van der Waals surface area contributed by atoms with Crippen molar-refractivity contribution >= 4 is 17.0 Å². The standard InChI is InChI=1S/C14H32N2O2Si2/c1-15-10-12-17-20(5,18-13-11-15)16(19(2,3)4)14-8-6-7-9-14/h14H,6-13H2,1-5H3. The summed E-state index contributed by atoms with van der Waals surface area (Å²) in [6.45, 7) is 13.3. The molecule has 0 atom stereocenters. The molecule has 2 fully saturated rings. The lowest BCUT2D eigenvalue weighted by Crippen LogP contribution is -2.69. The fourth-order valence-corrected chi connectivity index (χ4v) is 12.6. The molecule has 1 aliphatic heterocycles. The molecule has 4 nitrogen and oxygen atoms in total. The van der Waals surface area contributed by atoms with Gasteiger partial charge in [0.2, 0.25) is 0 Å². The van der Waals surface area contributed by atoms with Gasteiger partial charge in [-0.2, -0.15) is 0 Å². The zero-order valence-electron chi connectivity index (χ0n) is 13.9. The van der Waals surface area contributed by atoms with Gasteiger partial charge in [0.1, 0.15) is 8.24 Å². The van der Waals surface area contributed by atoms with Crippen LogP contribution in [0.15, 0.2) is 0 Å². The van der Waals surface area contributed by atoms with Crippen molar-refractivity contribution in [1.29, 1.82) is 0 Å². The summed E-state index contributed by atoms with van der Waals surface area (Å²) < 4.78 is 15.5. The second-order valence-corrected chi connectivity index (χ2v) is 15.5. The molecule has 0 aromatic rings. The summed E-state index contributed by atoms with van der Waals surface area (Å²) in [5.74, 6) is 0. The molecule has 6 heteroatoms. The van der Waals surface area contributed by atoms with Crippen molar-refractivity contribution < 1.29 is 8.85 Å². The van der Waals surface area contributed by atoms with Crippen LogP contribution in [0.3, 0.4) is 0 Å². The highest BCUT2D eigenvalue weighted by molar-refractivity contribution is 6.85. The average molecular weight is 317 g/mol. The molecular weight excluding hydrogens is 284 g/mol. The first kappa shape index (κ1) is 16.6. The minimum Gasteiger partial charge on any atom is -0.382 e. The Morgan fingerprint density at radius 3 is 2.00 bits per heavy atom. The molecule has 0 N–H and O–H groups in total. The maximum absolute atomic E-state index is 6.38. The normalized spacial score (nSPS) is 26.7. The molecule has 1 saturated carbocycles. The lowest BCUT2D eigenvalue weighted by molar-refractivity contribution is 0.0794. The first-order valence-corrected chi connectivity index (χ1v) is 13.8. The summed E-state index contributed by atoms with van der Waals surface area (Å²) in [6, 6.07) is 0.704. The van der Waals surface area contributed by atoms with Crippen molar-refractivity contribution in [3.05, 3.63) is 0 Å². The summed E-state index contributed by atoms with van der Waals surface area (Å²) in [5, 5.41) is 0. The molecule has 1 heterocycles. The van der Waals surface area contributed by atoms with Gasteiger partial charge < -0.3 is 13.8 Å². The molecular formula is C14H32N2O2Si2. The minimum absolute atomic E-state index is 0.704. The highest BCUT2D eigenvalue weighted by Crippen LogP contribution is 2.33. The monoisotopic (exact) mass is 316 g/mol. The van der Waals surface area contributed by atoms with E-state index in [1.54, 1.807) is 0 Å². The zero-order chi connectivity index (χ0) is 14.8. The van der Waals surface area contributed by atoms with E-state index < -0.39 is 17.0 Å². The van der Waals surface area contributed by atoms with Crippen LogP contribution < -0.4 is 0 Å². The Labute approximate surface area is 126 Å². The van der Waals surface area contributed by atoms with Crippen LogP contribution in [0, 0.1) is 0 Å². The molecule has 0 spiro atoms. The van der Waals surface area contributed by atoms with Gasteiger partial charge in [0, 0.05) is 19.1 Å². The molecule has 2 aliphatic rings. The van der Waals surface area contributed by atoms with E-state index in [4.69, 9.17) is 8.85 Å². The van der Waals surface area contributed by atoms with Crippen LogP contribution in [0.25, 0.3) is 0 Å². The molecule has 0 bridgehead atoms. The number of likely N-dealkylation sites (N-methyl/N-ethyl adjacent to an activating group) is 1. The Hall–Kier alpha value is 0.274. The van der Waals surface area contributed by atoms with Crippen LogP contribution >= 0.6 is 0 Å². The van der Waals surface area contributed by atoms with Crippen molar-refractivity contribution in [2.24, 2.45) is 0 Å². The third-order valence-corrected chi connectivity index (χ3v) is 12.3. The summed E-state index contributed by atoms with van der Waals surface area (Å²) in [4.78, 5) is 2.29.